The molecular formula is C23H21N3O2. The summed E-state index contributed by atoms with van der Waals surface area (Å²) in [5.41, 5.74) is 3.47. The van der Waals surface area contributed by atoms with Crippen molar-refractivity contribution in [2.24, 2.45) is 0 Å². The maximum Gasteiger partial charge on any atom is 0.255 e. The number of amides is 2. The topological polar surface area (TPSA) is 53.5 Å². The molecule has 0 radical (unpaired) electrons. The highest BCUT2D eigenvalue weighted by Gasteiger charge is 2.25. The molecule has 1 saturated heterocycles. The van der Waals surface area contributed by atoms with Gasteiger partial charge in [-0.2, -0.15) is 0 Å². The van der Waals surface area contributed by atoms with E-state index in [9.17, 15) is 9.59 Å². The Kier molecular flexibility index (Phi) is 5.15. The summed E-state index contributed by atoms with van der Waals surface area (Å²) in [5.74, 6) is -0.0273. The van der Waals surface area contributed by atoms with Crippen LogP contribution in [0.25, 0.3) is 11.1 Å². The number of rotatable bonds is 3. The van der Waals surface area contributed by atoms with Crippen LogP contribution in [0.3, 0.4) is 0 Å². The van der Waals surface area contributed by atoms with Crippen molar-refractivity contribution in [3.05, 3.63) is 90.3 Å². The normalized spacial score (nSPS) is 14.0. The molecule has 1 aromatic heterocycles. The van der Waals surface area contributed by atoms with Crippen LogP contribution in [0.4, 0.5) is 0 Å². The van der Waals surface area contributed by atoms with E-state index in [1.807, 2.05) is 47.4 Å². The number of carbonyl (C=O) groups excluding carboxylic acids is 2. The molecule has 0 bridgehead atoms. The standard InChI is InChI=1S/C23H21N3O2/c27-22(20-10-8-19(9-11-20)18-5-2-1-3-6-18)25-13-15-26(16-14-25)23(28)21-7-4-12-24-17-21/h1-12,17H,13-16H2. The molecule has 2 heterocycles. The van der Waals surface area contributed by atoms with Gasteiger partial charge in [0.2, 0.25) is 0 Å². The molecule has 0 atom stereocenters. The largest absolute Gasteiger partial charge is 0.335 e. The zero-order valence-corrected chi connectivity index (χ0v) is 15.5. The molecule has 0 unspecified atom stereocenters. The first-order valence-corrected chi connectivity index (χ1v) is 9.36. The number of carbonyl (C=O) groups is 2. The van der Waals surface area contributed by atoms with Crippen molar-refractivity contribution in [3.63, 3.8) is 0 Å². The molecule has 5 heteroatoms. The van der Waals surface area contributed by atoms with E-state index in [0.717, 1.165) is 11.1 Å². The molecule has 140 valence electrons. The van der Waals surface area contributed by atoms with Gasteiger partial charge in [-0.25, -0.2) is 0 Å². The van der Waals surface area contributed by atoms with E-state index in [-0.39, 0.29) is 11.8 Å². The molecule has 1 aliphatic heterocycles. The van der Waals surface area contributed by atoms with Crippen LogP contribution in [-0.4, -0.2) is 52.8 Å². The van der Waals surface area contributed by atoms with Crippen molar-refractivity contribution in [1.82, 2.24) is 14.8 Å². The van der Waals surface area contributed by atoms with Crippen molar-refractivity contribution in [3.8, 4) is 11.1 Å². The molecule has 0 N–H and O–H groups in total. The van der Waals surface area contributed by atoms with Gasteiger partial charge < -0.3 is 9.80 Å². The second-order valence-corrected chi connectivity index (χ2v) is 6.77. The average Bonchev–Trinajstić information content (AvgIpc) is 2.79. The van der Waals surface area contributed by atoms with Gasteiger partial charge in [-0.1, -0.05) is 42.5 Å². The van der Waals surface area contributed by atoms with Gasteiger partial charge in [0.15, 0.2) is 0 Å². The third-order valence-electron chi connectivity index (χ3n) is 5.00. The highest BCUT2D eigenvalue weighted by molar-refractivity contribution is 5.96. The molecule has 3 aromatic rings. The van der Waals surface area contributed by atoms with Crippen LogP contribution in [0.15, 0.2) is 79.1 Å². The van der Waals surface area contributed by atoms with Gasteiger partial charge >= 0.3 is 0 Å². The van der Waals surface area contributed by atoms with Gasteiger partial charge in [0.25, 0.3) is 11.8 Å². The van der Waals surface area contributed by atoms with Crippen LogP contribution in [0.5, 0.6) is 0 Å². The first kappa shape index (κ1) is 17.9. The van der Waals surface area contributed by atoms with E-state index in [0.29, 0.717) is 37.3 Å². The van der Waals surface area contributed by atoms with Crippen LogP contribution in [-0.2, 0) is 0 Å². The van der Waals surface area contributed by atoms with Crippen LogP contribution in [0.1, 0.15) is 20.7 Å². The van der Waals surface area contributed by atoms with Crippen molar-refractivity contribution in [2.45, 2.75) is 0 Å². The molecule has 1 fully saturated rings. The third-order valence-corrected chi connectivity index (χ3v) is 5.00. The van der Waals surface area contributed by atoms with Crippen LogP contribution >= 0.6 is 0 Å². The first-order valence-electron chi connectivity index (χ1n) is 9.36. The van der Waals surface area contributed by atoms with Gasteiger partial charge in [0.05, 0.1) is 5.56 Å². The number of nitrogens with zero attached hydrogens (tertiary/aromatic N) is 3. The second kappa shape index (κ2) is 8.05. The molecule has 4 rings (SSSR count). The third kappa shape index (κ3) is 3.78. The Labute approximate surface area is 164 Å². The van der Waals surface area contributed by atoms with E-state index in [1.54, 1.807) is 29.4 Å². The van der Waals surface area contributed by atoms with Crippen LogP contribution in [0.2, 0.25) is 0 Å². The van der Waals surface area contributed by atoms with Crippen molar-refractivity contribution < 1.29 is 9.59 Å². The van der Waals surface area contributed by atoms with Gasteiger partial charge in [0.1, 0.15) is 0 Å². The number of piperazine rings is 1. The monoisotopic (exact) mass is 371 g/mol. The van der Waals surface area contributed by atoms with Gasteiger partial charge in [-0.05, 0) is 35.4 Å². The van der Waals surface area contributed by atoms with E-state index < -0.39 is 0 Å². The summed E-state index contributed by atoms with van der Waals surface area (Å²) in [6.07, 6.45) is 3.23. The van der Waals surface area contributed by atoms with Crippen molar-refractivity contribution in [1.29, 1.82) is 0 Å². The van der Waals surface area contributed by atoms with E-state index in [2.05, 4.69) is 17.1 Å². The van der Waals surface area contributed by atoms with E-state index in [1.165, 1.54) is 0 Å². The van der Waals surface area contributed by atoms with Gasteiger partial charge in [-0.15, -0.1) is 0 Å². The summed E-state index contributed by atoms with van der Waals surface area (Å²) in [5, 5.41) is 0. The lowest BCUT2D eigenvalue weighted by Crippen LogP contribution is -2.50. The van der Waals surface area contributed by atoms with Gasteiger partial charge in [0, 0.05) is 44.1 Å². The van der Waals surface area contributed by atoms with Crippen LogP contribution < -0.4 is 0 Å². The highest BCUT2D eigenvalue weighted by Crippen LogP contribution is 2.20. The van der Waals surface area contributed by atoms with Gasteiger partial charge in [-0.3, -0.25) is 14.6 Å². The molecule has 5 nitrogen and oxygen atoms in total. The fourth-order valence-electron chi connectivity index (χ4n) is 3.40. The highest BCUT2D eigenvalue weighted by atomic mass is 16.2. The van der Waals surface area contributed by atoms with E-state index >= 15 is 0 Å². The Hall–Kier alpha value is -3.47. The fraction of sp³-hybridized carbons (Fsp3) is 0.174. The fourth-order valence-corrected chi connectivity index (χ4v) is 3.40. The summed E-state index contributed by atoms with van der Waals surface area (Å²) >= 11 is 0. The summed E-state index contributed by atoms with van der Waals surface area (Å²) in [6, 6.07) is 21.3. The SMILES string of the molecule is O=C(c1ccc(-c2ccccc2)cc1)N1CCN(C(=O)c2cccnc2)CC1. The lowest BCUT2D eigenvalue weighted by molar-refractivity contribution is 0.0535. The summed E-state index contributed by atoms with van der Waals surface area (Å²) in [4.78, 5) is 32.9. The molecule has 0 spiro atoms. The Morgan fingerprint density at radius 2 is 1.21 bits per heavy atom. The first-order chi connectivity index (χ1) is 13.7. The Bertz CT molecular complexity index is 948. The Morgan fingerprint density at radius 3 is 1.79 bits per heavy atom. The molecule has 0 aliphatic carbocycles. The number of benzene rings is 2. The average molecular weight is 371 g/mol. The lowest BCUT2D eigenvalue weighted by atomic mass is 10.0. The summed E-state index contributed by atoms with van der Waals surface area (Å²) in [6.45, 7) is 2.12. The Balaban J connectivity index is 1.38. The number of hydrogen-bond donors (Lipinski definition) is 0. The molecule has 2 amide bonds. The van der Waals surface area contributed by atoms with Crippen molar-refractivity contribution >= 4 is 11.8 Å². The van der Waals surface area contributed by atoms with Crippen LogP contribution in [0, 0.1) is 0 Å². The lowest BCUT2D eigenvalue weighted by Gasteiger charge is -2.34. The zero-order chi connectivity index (χ0) is 19.3. The summed E-state index contributed by atoms with van der Waals surface area (Å²) in [7, 11) is 0. The maximum atomic E-state index is 12.8. The quantitative estimate of drug-likeness (QED) is 0.709. The number of pyridine rings is 1. The molecular weight excluding hydrogens is 350 g/mol. The molecule has 2 aromatic carbocycles. The predicted molar refractivity (Wildman–Crippen MR) is 108 cm³/mol. The Morgan fingerprint density at radius 1 is 0.643 bits per heavy atom. The number of hydrogen-bond acceptors (Lipinski definition) is 3. The molecule has 0 saturated carbocycles. The second-order valence-electron chi connectivity index (χ2n) is 6.77. The zero-order valence-electron chi connectivity index (χ0n) is 15.5. The number of aromatic nitrogens is 1. The molecule has 1 aliphatic rings. The molecule has 28 heavy (non-hydrogen) atoms. The maximum absolute atomic E-state index is 12.8. The van der Waals surface area contributed by atoms with E-state index in [4.69, 9.17) is 0 Å². The minimum Gasteiger partial charge on any atom is -0.335 e. The smallest absolute Gasteiger partial charge is 0.255 e. The van der Waals surface area contributed by atoms with Crippen molar-refractivity contribution in [2.75, 3.05) is 26.2 Å². The minimum atomic E-state index is -0.0348. The predicted octanol–water partition coefficient (Wildman–Crippen LogP) is 3.35. The minimum absolute atomic E-state index is 0.00749. The summed E-state index contributed by atoms with van der Waals surface area (Å²) < 4.78 is 0.